The Kier molecular flexibility index (Phi) is 5.50. The molecule has 0 N–H and O–H groups in total. The van der Waals surface area contributed by atoms with Crippen LogP contribution in [0.4, 0.5) is 0 Å². The van der Waals surface area contributed by atoms with Crippen LogP contribution < -0.4 is 0 Å². The maximum absolute atomic E-state index is 5.50. The molecule has 5 nitrogen and oxygen atoms in total. The number of nitrogens with zero attached hydrogens (tertiary/aromatic N) is 4. The number of aromatic nitrogens is 3. The van der Waals surface area contributed by atoms with Gasteiger partial charge in [0, 0.05) is 60.9 Å². The lowest BCUT2D eigenvalue weighted by molar-refractivity contribution is 0.0487. The smallest absolute Gasteiger partial charge is 0.159 e. The summed E-state index contributed by atoms with van der Waals surface area (Å²) in [5.41, 5.74) is 4.29. The molecule has 0 spiro atoms. The summed E-state index contributed by atoms with van der Waals surface area (Å²) in [6, 6.07) is 10.6. The second-order valence-corrected chi connectivity index (χ2v) is 8.37. The van der Waals surface area contributed by atoms with Crippen LogP contribution in [0, 0.1) is 5.92 Å². The van der Waals surface area contributed by atoms with Gasteiger partial charge in [0.25, 0.3) is 0 Å². The maximum atomic E-state index is 5.50. The molecule has 2 aliphatic heterocycles. The number of pyridine rings is 3. The van der Waals surface area contributed by atoms with Crippen LogP contribution in [0.2, 0.25) is 0 Å². The molecule has 5 rings (SSSR count). The number of ether oxygens (including phenoxy) is 1. The zero-order chi connectivity index (χ0) is 19.5. The summed E-state index contributed by atoms with van der Waals surface area (Å²) in [5.74, 6) is 1.37. The molecule has 2 saturated heterocycles. The van der Waals surface area contributed by atoms with Crippen molar-refractivity contribution in [2.75, 3.05) is 32.8 Å². The highest BCUT2D eigenvalue weighted by atomic mass is 16.5. The van der Waals surface area contributed by atoms with Crippen LogP contribution in [0.1, 0.15) is 37.3 Å². The Morgan fingerprint density at radius 3 is 2.52 bits per heavy atom. The van der Waals surface area contributed by atoms with E-state index in [0.29, 0.717) is 5.92 Å². The molecule has 0 aromatic carbocycles. The van der Waals surface area contributed by atoms with E-state index in [9.17, 15) is 0 Å². The van der Waals surface area contributed by atoms with Crippen LogP contribution in [0.25, 0.3) is 22.2 Å². The first-order valence-electron chi connectivity index (χ1n) is 10.8. The predicted octanol–water partition coefficient (Wildman–Crippen LogP) is 4.30. The lowest BCUT2D eigenvalue weighted by Gasteiger charge is -2.35. The average molecular weight is 389 g/mol. The number of rotatable bonds is 4. The Morgan fingerprint density at radius 1 is 0.931 bits per heavy atom. The van der Waals surface area contributed by atoms with Crippen molar-refractivity contribution in [3.05, 3.63) is 54.6 Å². The van der Waals surface area contributed by atoms with E-state index in [-0.39, 0.29) is 0 Å². The van der Waals surface area contributed by atoms with Gasteiger partial charge in [-0.2, -0.15) is 0 Å². The van der Waals surface area contributed by atoms with Gasteiger partial charge in [-0.25, -0.2) is 9.97 Å². The van der Waals surface area contributed by atoms with Crippen LogP contribution in [-0.4, -0.2) is 52.7 Å². The molecular weight excluding hydrogens is 360 g/mol. The first kappa shape index (κ1) is 18.6. The normalized spacial score (nSPS) is 19.6. The molecule has 29 heavy (non-hydrogen) atoms. The van der Waals surface area contributed by atoms with Gasteiger partial charge >= 0.3 is 0 Å². The van der Waals surface area contributed by atoms with Crippen molar-refractivity contribution >= 4 is 11.0 Å². The number of hydrogen-bond donors (Lipinski definition) is 0. The molecule has 3 aromatic rings. The molecule has 0 unspecified atom stereocenters. The van der Waals surface area contributed by atoms with E-state index in [0.717, 1.165) is 41.3 Å². The van der Waals surface area contributed by atoms with Crippen molar-refractivity contribution in [1.82, 2.24) is 19.9 Å². The summed E-state index contributed by atoms with van der Waals surface area (Å²) < 4.78 is 5.50. The molecule has 150 valence electrons. The monoisotopic (exact) mass is 388 g/mol. The Balaban J connectivity index is 1.25. The summed E-state index contributed by atoms with van der Waals surface area (Å²) in [6.45, 7) is 5.48. The third kappa shape index (κ3) is 4.31. The first-order chi connectivity index (χ1) is 14.3. The van der Waals surface area contributed by atoms with Crippen molar-refractivity contribution in [2.24, 2.45) is 5.92 Å². The highest BCUT2D eigenvalue weighted by Crippen LogP contribution is 2.30. The SMILES string of the molecule is c1cc(-c2cnc3nc(C4CCN(CC5CCOCC5)CC4)ccc3c2)ccn1. The summed E-state index contributed by atoms with van der Waals surface area (Å²) in [7, 11) is 0. The quantitative estimate of drug-likeness (QED) is 0.667. The van der Waals surface area contributed by atoms with Gasteiger partial charge in [0.1, 0.15) is 0 Å². The fourth-order valence-corrected chi connectivity index (χ4v) is 4.66. The van der Waals surface area contributed by atoms with Crippen molar-refractivity contribution in [3.63, 3.8) is 0 Å². The summed E-state index contributed by atoms with van der Waals surface area (Å²) in [4.78, 5) is 16.3. The zero-order valence-electron chi connectivity index (χ0n) is 16.8. The molecule has 0 radical (unpaired) electrons. The third-order valence-corrected chi connectivity index (χ3v) is 6.44. The minimum atomic E-state index is 0.548. The molecule has 2 aliphatic rings. The molecule has 0 amide bonds. The lowest BCUT2D eigenvalue weighted by Crippen LogP contribution is -2.38. The van der Waals surface area contributed by atoms with Gasteiger partial charge in [0.15, 0.2) is 5.65 Å². The Hall–Kier alpha value is -2.37. The van der Waals surface area contributed by atoms with Gasteiger partial charge in [0.2, 0.25) is 0 Å². The molecule has 3 aromatic heterocycles. The first-order valence-corrected chi connectivity index (χ1v) is 10.8. The maximum Gasteiger partial charge on any atom is 0.159 e. The van der Waals surface area contributed by atoms with Gasteiger partial charge in [0.05, 0.1) is 0 Å². The zero-order valence-corrected chi connectivity index (χ0v) is 16.8. The molecule has 0 bridgehead atoms. The molecule has 5 heteroatoms. The largest absolute Gasteiger partial charge is 0.381 e. The molecule has 0 aliphatic carbocycles. The van der Waals surface area contributed by atoms with Crippen molar-refractivity contribution < 1.29 is 4.74 Å². The van der Waals surface area contributed by atoms with Crippen molar-refractivity contribution in [1.29, 1.82) is 0 Å². The molecule has 2 fully saturated rings. The minimum absolute atomic E-state index is 0.548. The molecule has 5 heterocycles. The van der Waals surface area contributed by atoms with E-state index in [1.165, 1.54) is 51.0 Å². The van der Waals surface area contributed by atoms with E-state index in [2.05, 4.69) is 33.1 Å². The van der Waals surface area contributed by atoms with E-state index >= 15 is 0 Å². The summed E-state index contributed by atoms with van der Waals surface area (Å²) >= 11 is 0. The predicted molar refractivity (Wildman–Crippen MR) is 115 cm³/mol. The number of likely N-dealkylation sites (tertiary alicyclic amines) is 1. The second kappa shape index (κ2) is 8.56. The van der Waals surface area contributed by atoms with Gasteiger partial charge in [-0.15, -0.1) is 0 Å². The fourth-order valence-electron chi connectivity index (χ4n) is 4.66. The van der Waals surface area contributed by atoms with E-state index < -0.39 is 0 Å². The van der Waals surface area contributed by atoms with Crippen LogP contribution >= 0.6 is 0 Å². The van der Waals surface area contributed by atoms with Gasteiger partial charge < -0.3 is 9.64 Å². The van der Waals surface area contributed by atoms with Crippen molar-refractivity contribution in [2.45, 2.75) is 31.6 Å². The van der Waals surface area contributed by atoms with E-state index in [1.54, 1.807) is 0 Å². The van der Waals surface area contributed by atoms with Gasteiger partial charge in [-0.05, 0) is 80.6 Å². The van der Waals surface area contributed by atoms with Crippen LogP contribution in [0.15, 0.2) is 48.9 Å². The number of fused-ring (bicyclic) bond motifs is 1. The highest BCUT2D eigenvalue weighted by Gasteiger charge is 2.24. The fraction of sp³-hybridized carbons (Fsp3) is 0.458. The van der Waals surface area contributed by atoms with Crippen molar-refractivity contribution in [3.8, 4) is 11.1 Å². The van der Waals surface area contributed by atoms with Crippen LogP contribution in [-0.2, 0) is 4.74 Å². The number of piperidine rings is 1. The second-order valence-electron chi connectivity index (χ2n) is 8.37. The average Bonchev–Trinajstić information content (AvgIpc) is 2.80. The molecule has 0 atom stereocenters. The summed E-state index contributed by atoms with van der Waals surface area (Å²) in [5, 5.41) is 1.10. The lowest BCUT2D eigenvalue weighted by atomic mass is 9.91. The topological polar surface area (TPSA) is 51.1 Å². The van der Waals surface area contributed by atoms with Gasteiger partial charge in [-0.3, -0.25) is 4.98 Å². The van der Waals surface area contributed by atoms with Crippen LogP contribution in [0.5, 0.6) is 0 Å². The summed E-state index contributed by atoms with van der Waals surface area (Å²) in [6.07, 6.45) is 10.4. The molecular formula is C24H28N4O. The Bertz CT molecular complexity index is 948. The number of hydrogen-bond acceptors (Lipinski definition) is 5. The minimum Gasteiger partial charge on any atom is -0.381 e. The van der Waals surface area contributed by atoms with E-state index in [1.807, 2.05) is 30.7 Å². The highest BCUT2D eigenvalue weighted by molar-refractivity contribution is 5.80. The van der Waals surface area contributed by atoms with E-state index in [4.69, 9.17) is 9.72 Å². The van der Waals surface area contributed by atoms with Crippen LogP contribution in [0.3, 0.4) is 0 Å². The Morgan fingerprint density at radius 2 is 1.72 bits per heavy atom. The Labute approximate surface area is 172 Å². The third-order valence-electron chi connectivity index (χ3n) is 6.44. The standard InChI is InChI=1S/C24H28N4O/c1-2-23(20-5-11-28(12-6-20)17-18-7-13-29-14-8-18)27-24-21(1)15-22(16-26-24)19-3-9-25-10-4-19/h1-4,9-10,15-16,18,20H,5-8,11-14,17H2. The van der Waals surface area contributed by atoms with Gasteiger partial charge in [-0.1, -0.05) is 0 Å². The molecule has 0 saturated carbocycles.